The lowest BCUT2D eigenvalue weighted by atomic mass is 9.96. The number of carboxylic acid groups (broad SMARTS) is 1. The van der Waals surface area contributed by atoms with Gasteiger partial charge < -0.3 is 10.4 Å². The summed E-state index contributed by atoms with van der Waals surface area (Å²) < 4.78 is 0. The molecule has 0 heterocycles. The van der Waals surface area contributed by atoms with Crippen LogP contribution in [0.1, 0.15) is 50.5 Å². The predicted molar refractivity (Wildman–Crippen MR) is 78.6 cm³/mol. The number of hydrogen-bond donors (Lipinski definition) is 2. The molecule has 110 valence electrons. The highest BCUT2D eigenvalue weighted by atomic mass is 16.4. The smallest absolute Gasteiger partial charge is 0.303 e. The van der Waals surface area contributed by atoms with Crippen molar-refractivity contribution in [3.63, 3.8) is 0 Å². The zero-order valence-corrected chi connectivity index (χ0v) is 12.0. The number of benzene rings is 1. The summed E-state index contributed by atoms with van der Waals surface area (Å²) in [7, 11) is 0. The van der Waals surface area contributed by atoms with Crippen molar-refractivity contribution in [2.24, 2.45) is 0 Å². The molecule has 0 aliphatic carbocycles. The number of nitrogens with one attached hydrogen (secondary N) is 1. The third kappa shape index (κ3) is 6.36. The average molecular weight is 277 g/mol. The van der Waals surface area contributed by atoms with Crippen LogP contribution in [0.4, 0.5) is 0 Å². The second-order valence-corrected chi connectivity index (χ2v) is 4.92. The summed E-state index contributed by atoms with van der Waals surface area (Å²) in [5, 5.41) is 11.4. The van der Waals surface area contributed by atoms with Crippen molar-refractivity contribution in [1.82, 2.24) is 5.32 Å². The molecule has 0 bridgehead atoms. The molecule has 1 amide bonds. The van der Waals surface area contributed by atoms with Gasteiger partial charge in [-0.3, -0.25) is 9.59 Å². The van der Waals surface area contributed by atoms with E-state index < -0.39 is 5.97 Å². The quantitative estimate of drug-likeness (QED) is 0.682. The summed E-state index contributed by atoms with van der Waals surface area (Å²) >= 11 is 0. The van der Waals surface area contributed by atoms with Crippen LogP contribution in [0, 0.1) is 0 Å². The van der Waals surface area contributed by atoms with E-state index in [1.807, 2.05) is 18.2 Å². The summed E-state index contributed by atoms with van der Waals surface area (Å²) in [4.78, 5) is 22.0. The molecular weight excluding hydrogens is 254 g/mol. The van der Waals surface area contributed by atoms with Gasteiger partial charge in [0, 0.05) is 25.3 Å². The van der Waals surface area contributed by atoms with E-state index in [9.17, 15) is 9.59 Å². The average Bonchev–Trinajstić information content (AvgIpc) is 2.45. The van der Waals surface area contributed by atoms with Crippen LogP contribution < -0.4 is 5.32 Å². The molecular formula is C16H23NO3. The van der Waals surface area contributed by atoms with Crippen LogP contribution in [-0.2, 0) is 9.59 Å². The van der Waals surface area contributed by atoms with Gasteiger partial charge in [-0.1, -0.05) is 37.3 Å². The molecule has 0 spiro atoms. The predicted octanol–water partition coefficient (Wildman–Crippen LogP) is 2.94. The Morgan fingerprint density at radius 1 is 1.15 bits per heavy atom. The van der Waals surface area contributed by atoms with E-state index >= 15 is 0 Å². The van der Waals surface area contributed by atoms with E-state index in [-0.39, 0.29) is 12.3 Å². The van der Waals surface area contributed by atoms with Crippen molar-refractivity contribution < 1.29 is 14.7 Å². The molecule has 0 aliphatic rings. The van der Waals surface area contributed by atoms with E-state index in [4.69, 9.17) is 5.11 Å². The maximum Gasteiger partial charge on any atom is 0.303 e. The van der Waals surface area contributed by atoms with Gasteiger partial charge in [0.05, 0.1) is 0 Å². The normalized spacial score (nSPS) is 11.8. The van der Waals surface area contributed by atoms with Crippen LogP contribution >= 0.6 is 0 Å². The molecule has 1 atom stereocenters. The van der Waals surface area contributed by atoms with Crippen LogP contribution in [0.5, 0.6) is 0 Å². The van der Waals surface area contributed by atoms with Crippen molar-refractivity contribution >= 4 is 11.9 Å². The summed E-state index contributed by atoms with van der Waals surface area (Å²) in [5.41, 5.74) is 1.24. The van der Waals surface area contributed by atoms with E-state index in [0.29, 0.717) is 31.7 Å². The van der Waals surface area contributed by atoms with Gasteiger partial charge in [-0.25, -0.2) is 0 Å². The lowest BCUT2D eigenvalue weighted by Gasteiger charge is -2.16. The SMILES string of the molecule is CCC(CNC(=O)CCCCC(=O)O)c1ccccc1. The highest BCUT2D eigenvalue weighted by molar-refractivity contribution is 5.76. The number of carbonyl (C=O) groups excluding carboxylic acids is 1. The van der Waals surface area contributed by atoms with Crippen LogP contribution in [0.25, 0.3) is 0 Å². The first-order chi connectivity index (χ1) is 9.63. The van der Waals surface area contributed by atoms with Crippen molar-refractivity contribution in [3.05, 3.63) is 35.9 Å². The first kappa shape index (κ1) is 16.2. The third-order valence-corrected chi connectivity index (χ3v) is 3.35. The molecule has 2 N–H and O–H groups in total. The lowest BCUT2D eigenvalue weighted by Crippen LogP contribution is -2.28. The molecule has 0 saturated heterocycles. The number of hydrogen-bond acceptors (Lipinski definition) is 2. The minimum Gasteiger partial charge on any atom is -0.481 e. The fourth-order valence-electron chi connectivity index (χ4n) is 2.11. The second kappa shape index (κ2) is 9.13. The maximum absolute atomic E-state index is 11.7. The number of carbonyl (C=O) groups is 2. The van der Waals surface area contributed by atoms with Crippen LogP contribution in [0.3, 0.4) is 0 Å². The Balaban J connectivity index is 2.27. The van der Waals surface area contributed by atoms with Gasteiger partial charge in [0.15, 0.2) is 0 Å². The van der Waals surface area contributed by atoms with Gasteiger partial charge in [0.2, 0.25) is 5.91 Å². The zero-order valence-electron chi connectivity index (χ0n) is 12.0. The summed E-state index contributed by atoms with van der Waals surface area (Å²) in [6.07, 6.45) is 2.69. The lowest BCUT2D eigenvalue weighted by molar-refractivity contribution is -0.137. The molecule has 4 heteroatoms. The first-order valence-electron chi connectivity index (χ1n) is 7.17. The Morgan fingerprint density at radius 3 is 2.40 bits per heavy atom. The van der Waals surface area contributed by atoms with Crippen LogP contribution in [-0.4, -0.2) is 23.5 Å². The molecule has 0 aromatic heterocycles. The molecule has 1 aromatic carbocycles. The van der Waals surface area contributed by atoms with Crippen LogP contribution in [0.15, 0.2) is 30.3 Å². The molecule has 0 fully saturated rings. The molecule has 1 unspecified atom stereocenters. The zero-order chi connectivity index (χ0) is 14.8. The molecule has 20 heavy (non-hydrogen) atoms. The first-order valence-corrected chi connectivity index (χ1v) is 7.17. The monoisotopic (exact) mass is 277 g/mol. The molecule has 4 nitrogen and oxygen atoms in total. The molecule has 0 aliphatic heterocycles. The summed E-state index contributed by atoms with van der Waals surface area (Å²) in [5.74, 6) is -0.468. The van der Waals surface area contributed by atoms with E-state index in [1.54, 1.807) is 0 Å². The Kier molecular flexibility index (Phi) is 7.40. The van der Waals surface area contributed by atoms with Crippen molar-refractivity contribution in [1.29, 1.82) is 0 Å². The van der Waals surface area contributed by atoms with Gasteiger partial charge in [-0.2, -0.15) is 0 Å². The van der Waals surface area contributed by atoms with Gasteiger partial charge in [0.1, 0.15) is 0 Å². The largest absolute Gasteiger partial charge is 0.481 e. The minimum absolute atomic E-state index is 0.00442. The van der Waals surface area contributed by atoms with Gasteiger partial charge in [-0.15, -0.1) is 0 Å². The Hall–Kier alpha value is -1.84. The van der Waals surface area contributed by atoms with Crippen molar-refractivity contribution in [2.45, 2.75) is 44.9 Å². The van der Waals surface area contributed by atoms with Crippen LogP contribution in [0.2, 0.25) is 0 Å². The van der Waals surface area contributed by atoms with Crippen molar-refractivity contribution in [2.75, 3.05) is 6.54 Å². The van der Waals surface area contributed by atoms with E-state index in [2.05, 4.69) is 24.4 Å². The standard InChI is InChI=1S/C16H23NO3/c1-2-13(14-8-4-3-5-9-14)12-17-15(18)10-6-7-11-16(19)20/h3-5,8-9,13H,2,6-7,10-12H2,1H3,(H,17,18)(H,19,20). The number of amides is 1. The molecule has 0 saturated carbocycles. The number of unbranched alkanes of at least 4 members (excludes halogenated alkanes) is 1. The van der Waals surface area contributed by atoms with Gasteiger partial charge in [-0.05, 0) is 24.8 Å². The highest BCUT2D eigenvalue weighted by Crippen LogP contribution is 2.17. The number of aliphatic carboxylic acids is 1. The molecule has 1 rings (SSSR count). The fourth-order valence-corrected chi connectivity index (χ4v) is 2.11. The topological polar surface area (TPSA) is 66.4 Å². The third-order valence-electron chi connectivity index (χ3n) is 3.35. The number of carboxylic acids is 1. The second-order valence-electron chi connectivity index (χ2n) is 4.92. The van der Waals surface area contributed by atoms with Crippen molar-refractivity contribution in [3.8, 4) is 0 Å². The Morgan fingerprint density at radius 2 is 1.80 bits per heavy atom. The molecule has 1 aromatic rings. The summed E-state index contributed by atoms with van der Waals surface area (Å²) in [6.45, 7) is 2.74. The minimum atomic E-state index is -0.805. The summed E-state index contributed by atoms with van der Waals surface area (Å²) in [6, 6.07) is 10.1. The Bertz CT molecular complexity index is 417. The van der Waals surface area contributed by atoms with Gasteiger partial charge >= 0.3 is 5.97 Å². The molecule has 0 radical (unpaired) electrons. The fraction of sp³-hybridized carbons (Fsp3) is 0.500. The number of rotatable bonds is 9. The van der Waals surface area contributed by atoms with Gasteiger partial charge in [0.25, 0.3) is 0 Å². The van der Waals surface area contributed by atoms with E-state index in [1.165, 1.54) is 5.56 Å². The van der Waals surface area contributed by atoms with E-state index in [0.717, 1.165) is 6.42 Å². The Labute approximate surface area is 120 Å². The maximum atomic E-state index is 11.7. The highest BCUT2D eigenvalue weighted by Gasteiger charge is 2.10.